The largest absolute Gasteiger partial charge is 0.440 e. The summed E-state index contributed by atoms with van der Waals surface area (Å²) in [5.74, 6) is -1.38. The molecule has 9 heteroatoms. The normalized spacial score (nSPS) is 15.2. The van der Waals surface area contributed by atoms with E-state index in [1.165, 1.54) is 12.1 Å². The summed E-state index contributed by atoms with van der Waals surface area (Å²) in [7, 11) is 0. The Hall–Kier alpha value is -4.32. The minimum atomic E-state index is -1.00. The van der Waals surface area contributed by atoms with Crippen LogP contribution in [0.3, 0.4) is 0 Å². The van der Waals surface area contributed by atoms with Crippen LogP contribution in [0, 0.1) is 28.4 Å². The number of furan rings is 1. The average molecular weight is 418 g/mol. The molecule has 1 aromatic carbocycles. The number of ether oxygens (including phenoxy) is 1. The van der Waals surface area contributed by atoms with Crippen molar-refractivity contribution in [2.24, 2.45) is 5.73 Å². The summed E-state index contributed by atoms with van der Waals surface area (Å²) in [6, 6.07) is 15.9. The minimum Gasteiger partial charge on any atom is -0.440 e. The number of hydrogen-bond acceptors (Lipinski definition) is 7. The van der Waals surface area contributed by atoms with Gasteiger partial charge in [-0.3, -0.25) is 14.9 Å². The third-order valence-electron chi connectivity index (χ3n) is 5.23. The number of nitriles is 1. The van der Waals surface area contributed by atoms with Gasteiger partial charge < -0.3 is 19.5 Å². The first kappa shape index (κ1) is 20.0. The zero-order valence-electron chi connectivity index (χ0n) is 16.6. The van der Waals surface area contributed by atoms with Gasteiger partial charge in [-0.1, -0.05) is 30.3 Å². The fraction of sp³-hybridized carbons (Fsp3) is 0.182. The Morgan fingerprint density at radius 2 is 2.00 bits per heavy atom. The minimum absolute atomic E-state index is 0.0349. The van der Waals surface area contributed by atoms with E-state index in [9.17, 15) is 20.2 Å². The number of rotatable bonds is 5. The highest BCUT2D eigenvalue weighted by Gasteiger charge is 2.37. The second kappa shape index (κ2) is 7.84. The maximum absolute atomic E-state index is 13.5. The van der Waals surface area contributed by atoms with Crippen molar-refractivity contribution >= 4 is 5.88 Å². The van der Waals surface area contributed by atoms with E-state index in [1.54, 1.807) is 17.6 Å². The van der Waals surface area contributed by atoms with Gasteiger partial charge in [-0.05, 0) is 25.0 Å². The summed E-state index contributed by atoms with van der Waals surface area (Å²) in [5.41, 5.74) is 7.42. The van der Waals surface area contributed by atoms with Crippen LogP contribution in [0.1, 0.15) is 28.5 Å². The molecule has 0 radical (unpaired) electrons. The number of nitrogens with zero attached hydrogens (tertiary/aromatic N) is 3. The summed E-state index contributed by atoms with van der Waals surface area (Å²) in [6.45, 7) is 2.19. The van der Waals surface area contributed by atoms with Crippen molar-refractivity contribution in [3.8, 4) is 11.8 Å². The number of nitro groups is 1. The lowest BCUT2D eigenvalue weighted by Crippen LogP contribution is -2.33. The van der Waals surface area contributed by atoms with Gasteiger partial charge in [0, 0.05) is 18.3 Å². The highest BCUT2D eigenvalue weighted by molar-refractivity contribution is 5.54. The van der Waals surface area contributed by atoms with Crippen molar-refractivity contribution in [1.29, 1.82) is 5.26 Å². The number of hydrogen-bond donors (Lipinski definition) is 1. The topological polar surface area (TPSA) is 137 Å². The van der Waals surface area contributed by atoms with Gasteiger partial charge in [0.1, 0.15) is 28.1 Å². The van der Waals surface area contributed by atoms with Crippen LogP contribution in [-0.4, -0.2) is 9.49 Å². The molecule has 4 rings (SSSR count). The molecular formula is C22H18N4O5. The molecule has 0 aliphatic carbocycles. The van der Waals surface area contributed by atoms with Crippen LogP contribution in [0.25, 0.3) is 0 Å². The lowest BCUT2D eigenvalue weighted by Gasteiger charge is -2.25. The molecule has 0 spiro atoms. The number of aromatic nitrogens is 1. The highest BCUT2D eigenvalue weighted by Crippen LogP contribution is 2.41. The van der Waals surface area contributed by atoms with Crippen molar-refractivity contribution in [3.05, 3.63) is 103 Å². The molecule has 1 aliphatic heterocycles. The Morgan fingerprint density at radius 3 is 2.65 bits per heavy atom. The van der Waals surface area contributed by atoms with E-state index in [0.29, 0.717) is 18.7 Å². The molecule has 2 N–H and O–H groups in total. The monoisotopic (exact) mass is 418 g/mol. The zero-order chi connectivity index (χ0) is 22.1. The third kappa shape index (κ3) is 3.55. The predicted molar refractivity (Wildman–Crippen MR) is 110 cm³/mol. The SMILES string of the molecule is Cc1cc2c(c(=O)n1CCc1ccccc1)C(c1ccc([N+](=O)[O-])o1)C(C#N)=C(N)O2. The van der Waals surface area contributed by atoms with Crippen molar-refractivity contribution in [1.82, 2.24) is 4.57 Å². The van der Waals surface area contributed by atoms with Crippen LogP contribution in [0.2, 0.25) is 0 Å². The van der Waals surface area contributed by atoms with Gasteiger partial charge in [0.15, 0.2) is 0 Å². The number of benzene rings is 1. The van der Waals surface area contributed by atoms with Gasteiger partial charge in [-0.25, -0.2) is 0 Å². The molecule has 2 aromatic heterocycles. The van der Waals surface area contributed by atoms with Crippen LogP contribution in [-0.2, 0) is 13.0 Å². The molecule has 156 valence electrons. The van der Waals surface area contributed by atoms with Gasteiger partial charge in [0.2, 0.25) is 5.88 Å². The summed E-state index contributed by atoms with van der Waals surface area (Å²) >= 11 is 0. The van der Waals surface area contributed by atoms with Crippen LogP contribution in [0.4, 0.5) is 5.88 Å². The third-order valence-corrected chi connectivity index (χ3v) is 5.23. The Balaban J connectivity index is 1.83. The number of allylic oxidation sites excluding steroid dienone is 1. The Bertz CT molecular complexity index is 1300. The molecule has 31 heavy (non-hydrogen) atoms. The smallest absolute Gasteiger partial charge is 0.433 e. The fourth-order valence-corrected chi connectivity index (χ4v) is 3.73. The summed E-state index contributed by atoms with van der Waals surface area (Å²) in [6.07, 6.45) is 0.626. The molecule has 0 saturated carbocycles. The van der Waals surface area contributed by atoms with Crippen molar-refractivity contribution in [2.45, 2.75) is 25.8 Å². The number of pyridine rings is 1. The van der Waals surface area contributed by atoms with Crippen molar-refractivity contribution < 1.29 is 14.1 Å². The van der Waals surface area contributed by atoms with E-state index in [2.05, 4.69) is 0 Å². The predicted octanol–water partition coefficient (Wildman–Crippen LogP) is 3.12. The van der Waals surface area contributed by atoms with Crippen LogP contribution in [0.15, 0.2) is 69.2 Å². The van der Waals surface area contributed by atoms with E-state index in [1.807, 2.05) is 36.4 Å². The number of fused-ring (bicyclic) bond motifs is 1. The Kier molecular flexibility index (Phi) is 5.05. The van der Waals surface area contributed by atoms with Crippen LogP contribution in [0.5, 0.6) is 5.75 Å². The van der Waals surface area contributed by atoms with Gasteiger partial charge >= 0.3 is 5.88 Å². The molecule has 0 amide bonds. The average Bonchev–Trinajstić information content (AvgIpc) is 3.23. The van der Waals surface area contributed by atoms with E-state index in [0.717, 1.165) is 5.56 Å². The first-order valence-corrected chi connectivity index (χ1v) is 9.50. The second-order valence-corrected chi connectivity index (χ2v) is 7.11. The van der Waals surface area contributed by atoms with Gasteiger partial charge in [0.05, 0.1) is 17.5 Å². The molecule has 0 fully saturated rings. The van der Waals surface area contributed by atoms with E-state index in [-0.39, 0.29) is 34.1 Å². The lowest BCUT2D eigenvalue weighted by molar-refractivity contribution is -0.402. The molecular weight excluding hydrogens is 400 g/mol. The first-order chi connectivity index (χ1) is 14.9. The highest BCUT2D eigenvalue weighted by atomic mass is 16.6. The Morgan fingerprint density at radius 1 is 1.26 bits per heavy atom. The quantitative estimate of drug-likeness (QED) is 0.496. The number of aryl methyl sites for hydroxylation is 2. The van der Waals surface area contributed by atoms with Crippen molar-refractivity contribution in [3.63, 3.8) is 0 Å². The molecule has 3 heterocycles. The molecule has 1 unspecified atom stereocenters. The summed E-state index contributed by atoms with van der Waals surface area (Å²) in [5, 5.41) is 20.7. The van der Waals surface area contributed by atoms with Gasteiger partial charge in [-0.15, -0.1) is 0 Å². The maximum Gasteiger partial charge on any atom is 0.433 e. The molecule has 9 nitrogen and oxygen atoms in total. The zero-order valence-corrected chi connectivity index (χ0v) is 16.6. The first-order valence-electron chi connectivity index (χ1n) is 9.50. The molecule has 1 atom stereocenters. The van der Waals surface area contributed by atoms with Crippen LogP contribution < -0.4 is 16.0 Å². The molecule has 3 aromatic rings. The lowest BCUT2D eigenvalue weighted by atomic mass is 9.88. The van der Waals surface area contributed by atoms with Gasteiger partial charge in [0.25, 0.3) is 5.56 Å². The van der Waals surface area contributed by atoms with E-state index in [4.69, 9.17) is 14.9 Å². The summed E-state index contributed by atoms with van der Waals surface area (Å²) < 4.78 is 12.5. The van der Waals surface area contributed by atoms with Gasteiger partial charge in [-0.2, -0.15) is 5.26 Å². The fourth-order valence-electron chi connectivity index (χ4n) is 3.73. The standard InChI is InChI=1S/C22H18N4O5/c1-13-11-17-20(22(27)25(13)10-9-14-5-3-2-4-6-14)19(15(12-23)21(24)31-17)16-7-8-18(30-16)26(28)29/h2-8,11,19H,9-10,24H2,1H3. The molecule has 1 aliphatic rings. The maximum atomic E-state index is 13.5. The van der Waals surface area contributed by atoms with Crippen molar-refractivity contribution in [2.75, 3.05) is 0 Å². The summed E-state index contributed by atoms with van der Waals surface area (Å²) in [4.78, 5) is 23.9. The Labute approximate surface area is 176 Å². The molecule has 0 saturated heterocycles. The van der Waals surface area contributed by atoms with Crippen LogP contribution >= 0.6 is 0 Å². The van der Waals surface area contributed by atoms with E-state index >= 15 is 0 Å². The number of nitrogens with two attached hydrogens (primary N) is 1. The van der Waals surface area contributed by atoms with E-state index < -0.39 is 16.7 Å². The second-order valence-electron chi connectivity index (χ2n) is 7.11. The molecule has 0 bridgehead atoms.